The molecule has 0 atom stereocenters. The van der Waals surface area contributed by atoms with Gasteiger partial charge in [0.05, 0.1) is 7.11 Å². The van der Waals surface area contributed by atoms with Crippen LogP contribution in [0.3, 0.4) is 0 Å². The average Bonchev–Trinajstić information content (AvgIpc) is 2.36. The summed E-state index contributed by atoms with van der Waals surface area (Å²) in [5.41, 5.74) is 0.465. The highest BCUT2D eigenvalue weighted by molar-refractivity contribution is 7.99. The van der Waals surface area contributed by atoms with E-state index in [2.05, 4.69) is 30.4 Å². The minimum Gasteiger partial charge on any atom is -0.465 e. The van der Waals surface area contributed by atoms with Gasteiger partial charge in [0.15, 0.2) is 0 Å². The van der Waals surface area contributed by atoms with Gasteiger partial charge in [-0.15, -0.1) is 0 Å². The number of carbonyl (C=O) groups is 1. The van der Waals surface area contributed by atoms with Gasteiger partial charge in [-0.25, -0.2) is 9.78 Å². The van der Waals surface area contributed by atoms with Gasteiger partial charge < -0.3 is 10.1 Å². The zero-order chi connectivity index (χ0) is 12.9. The van der Waals surface area contributed by atoms with E-state index in [-0.39, 0.29) is 10.7 Å². The maximum atomic E-state index is 11.5. The number of carbonyl (C=O) groups excluding carboxylic acids is 1. The molecule has 5 heteroatoms. The van der Waals surface area contributed by atoms with Crippen molar-refractivity contribution in [2.45, 2.75) is 18.6 Å². The predicted octanol–water partition coefficient (Wildman–Crippen LogP) is 2.42. The average molecular weight is 254 g/mol. The topological polar surface area (TPSA) is 51.2 Å². The minimum atomic E-state index is -0.373. The summed E-state index contributed by atoms with van der Waals surface area (Å²) >= 11 is 1.76. The van der Waals surface area contributed by atoms with Crippen LogP contribution in [0, 0.1) is 0 Å². The molecule has 0 unspecified atom stereocenters. The molecule has 0 aliphatic heterocycles. The van der Waals surface area contributed by atoms with Crippen molar-refractivity contribution in [3.63, 3.8) is 0 Å². The Morgan fingerprint density at radius 2 is 2.29 bits per heavy atom. The maximum absolute atomic E-state index is 11.5. The molecule has 0 fully saturated rings. The van der Waals surface area contributed by atoms with Gasteiger partial charge in [0.25, 0.3) is 0 Å². The SMILES string of the molecule is COC(=O)c1cccnc1NCC(C)(C)SC. The first-order valence-corrected chi connectivity index (χ1v) is 6.55. The van der Waals surface area contributed by atoms with Crippen molar-refractivity contribution in [2.75, 3.05) is 25.2 Å². The molecule has 1 N–H and O–H groups in total. The van der Waals surface area contributed by atoms with Crippen LogP contribution in [0.15, 0.2) is 18.3 Å². The van der Waals surface area contributed by atoms with E-state index in [4.69, 9.17) is 4.74 Å². The van der Waals surface area contributed by atoms with Crippen LogP contribution in [0.5, 0.6) is 0 Å². The first-order chi connectivity index (χ1) is 8.00. The van der Waals surface area contributed by atoms with E-state index in [0.717, 1.165) is 6.54 Å². The van der Waals surface area contributed by atoms with E-state index in [0.29, 0.717) is 11.4 Å². The van der Waals surface area contributed by atoms with Gasteiger partial charge in [0, 0.05) is 17.5 Å². The molecule has 1 rings (SSSR count). The Bertz CT molecular complexity index is 394. The largest absolute Gasteiger partial charge is 0.465 e. The standard InChI is InChI=1S/C12H18N2O2S/c1-12(2,17-4)8-14-10-9(11(15)16-3)6-5-7-13-10/h5-7H,8H2,1-4H3,(H,13,14). The highest BCUT2D eigenvalue weighted by Crippen LogP contribution is 2.22. The highest BCUT2D eigenvalue weighted by atomic mass is 32.2. The number of methoxy groups -OCH3 is 1. The second kappa shape index (κ2) is 5.91. The molecular weight excluding hydrogens is 236 g/mol. The van der Waals surface area contributed by atoms with Crippen LogP contribution in [0.1, 0.15) is 24.2 Å². The first kappa shape index (κ1) is 13.8. The van der Waals surface area contributed by atoms with Gasteiger partial charge in [-0.1, -0.05) is 0 Å². The summed E-state index contributed by atoms with van der Waals surface area (Å²) in [6.07, 6.45) is 3.71. The van der Waals surface area contributed by atoms with Crippen LogP contribution < -0.4 is 5.32 Å². The number of hydrogen-bond donors (Lipinski definition) is 1. The van der Waals surface area contributed by atoms with Gasteiger partial charge in [-0.3, -0.25) is 0 Å². The fourth-order valence-corrected chi connectivity index (χ4v) is 1.41. The molecule has 1 aromatic heterocycles. The summed E-state index contributed by atoms with van der Waals surface area (Å²) in [7, 11) is 1.37. The van der Waals surface area contributed by atoms with E-state index in [1.807, 2.05) is 0 Å². The van der Waals surface area contributed by atoms with Crippen molar-refractivity contribution in [3.8, 4) is 0 Å². The fourth-order valence-electron chi connectivity index (χ4n) is 1.19. The van der Waals surface area contributed by atoms with Crippen LogP contribution in [-0.2, 0) is 4.74 Å². The smallest absolute Gasteiger partial charge is 0.341 e. The molecule has 1 aromatic rings. The molecular formula is C12H18N2O2S. The van der Waals surface area contributed by atoms with Gasteiger partial charge in [0.1, 0.15) is 11.4 Å². The van der Waals surface area contributed by atoms with Crippen LogP contribution in [0.4, 0.5) is 5.82 Å². The van der Waals surface area contributed by atoms with Gasteiger partial charge >= 0.3 is 5.97 Å². The van der Waals surface area contributed by atoms with Crippen LogP contribution in [0.2, 0.25) is 0 Å². The number of anilines is 1. The van der Waals surface area contributed by atoms with Crippen LogP contribution in [-0.4, -0.2) is 35.6 Å². The summed E-state index contributed by atoms with van der Waals surface area (Å²) < 4.78 is 4.80. The molecule has 0 aromatic carbocycles. The number of aromatic nitrogens is 1. The van der Waals surface area contributed by atoms with E-state index in [1.54, 1.807) is 30.1 Å². The van der Waals surface area contributed by atoms with E-state index in [1.165, 1.54) is 7.11 Å². The van der Waals surface area contributed by atoms with Gasteiger partial charge in [-0.05, 0) is 32.2 Å². The maximum Gasteiger partial charge on any atom is 0.341 e. The molecule has 0 bridgehead atoms. The summed E-state index contributed by atoms with van der Waals surface area (Å²) in [6.45, 7) is 4.99. The molecule has 4 nitrogen and oxygen atoms in total. The lowest BCUT2D eigenvalue weighted by Gasteiger charge is -2.23. The predicted molar refractivity (Wildman–Crippen MR) is 71.7 cm³/mol. The monoisotopic (exact) mass is 254 g/mol. The number of esters is 1. The lowest BCUT2D eigenvalue weighted by molar-refractivity contribution is 0.0601. The van der Waals surface area contributed by atoms with E-state index >= 15 is 0 Å². The van der Waals surface area contributed by atoms with Gasteiger partial charge in [0.2, 0.25) is 0 Å². The lowest BCUT2D eigenvalue weighted by Crippen LogP contribution is -2.27. The quantitative estimate of drug-likeness (QED) is 0.818. The molecule has 17 heavy (non-hydrogen) atoms. The Labute approximate surface area is 106 Å². The number of ether oxygens (including phenoxy) is 1. The van der Waals surface area contributed by atoms with Crippen molar-refractivity contribution >= 4 is 23.5 Å². The third-order valence-corrected chi connectivity index (χ3v) is 3.70. The number of nitrogens with zero attached hydrogens (tertiary/aromatic N) is 1. The zero-order valence-electron chi connectivity index (χ0n) is 10.6. The molecule has 0 amide bonds. The van der Waals surface area contributed by atoms with Crippen LogP contribution >= 0.6 is 11.8 Å². The molecule has 0 aliphatic carbocycles. The minimum absolute atomic E-state index is 0.0882. The Morgan fingerprint density at radius 1 is 1.59 bits per heavy atom. The Morgan fingerprint density at radius 3 is 2.88 bits per heavy atom. The van der Waals surface area contributed by atoms with Crippen LogP contribution in [0.25, 0.3) is 0 Å². The third kappa shape index (κ3) is 3.93. The lowest BCUT2D eigenvalue weighted by atomic mass is 10.2. The number of thioether (sulfide) groups is 1. The number of hydrogen-bond acceptors (Lipinski definition) is 5. The van der Waals surface area contributed by atoms with E-state index < -0.39 is 0 Å². The van der Waals surface area contributed by atoms with Crippen molar-refractivity contribution in [2.24, 2.45) is 0 Å². The van der Waals surface area contributed by atoms with Gasteiger partial charge in [-0.2, -0.15) is 11.8 Å². The fraction of sp³-hybridized carbons (Fsp3) is 0.500. The first-order valence-electron chi connectivity index (χ1n) is 5.32. The molecule has 0 saturated heterocycles. The second-order valence-corrected chi connectivity index (χ2v) is 5.72. The molecule has 0 saturated carbocycles. The molecule has 1 heterocycles. The normalized spacial score (nSPS) is 11.1. The summed E-state index contributed by atoms with van der Waals surface area (Å²) in [5.74, 6) is 0.198. The zero-order valence-corrected chi connectivity index (χ0v) is 11.4. The number of rotatable bonds is 5. The van der Waals surface area contributed by atoms with Crippen molar-refractivity contribution in [3.05, 3.63) is 23.9 Å². The summed E-state index contributed by atoms with van der Waals surface area (Å²) in [5, 5.41) is 3.19. The highest BCUT2D eigenvalue weighted by Gasteiger charge is 2.18. The third-order valence-electron chi connectivity index (χ3n) is 2.45. The van der Waals surface area contributed by atoms with Crippen molar-refractivity contribution in [1.82, 2.24) is 4.98 Å². The Balaban J connectivity index is 2.81. The summed E-state index contributed by atoms with van der Waals surface area (Å²) in [4.78, 5) is 15.7. The molecule has 94 valence electrons. The Hall–Kier alpha value is -1.23. The van der Waals surface area contributed by atoms with Crippen molar-refractivity contribution < 1.29 is 9.53 Å². The number of nitrogens with one attached hydrogen (secondary N) is 1. The van der Waals surface area contributed by atoms with E-state index in [9.17, 15) is 4.79 Å². The summed E-state index contributed by atoms with van der Waals surface area (Å²) in [6, 6.07) is 3.42. The van der Waals surface area contributed by atoms with Crippen molar-refractivity contribution in [1.29, 1.82) is 0 Å². The second-order valence-electron chi connectivity index (χ2n) is 4.21. The molecule has 0 radical (unpaired) electrons. The molecule has 0 spiro atoms. The molecule has 0 aliphatic rings. The number of pyridine rings is 1. The Kier molecular flexibility index (Phi) is 4.81.